The maximum Gasteiger partial charge on any atom is 0.262 e. The molecular formula is C13H17BrN2O3. The molecule has 1 aromatic carbocycles. The third-order valence-electron chi connectivity index (χ3n) is 2.13. The normalized spacial score (nSPS) is 10.3. The molecule has 0 unspecified atom stereocenters. The second-order valence-electron chi connectivity index (χ2n) is 4.39. The summed E-state index contributed by atoms with van der Waals surface area (Å²) in [6.45, 7) is 4.25. The van der Waals surface area contributed by atoms with Gasteiger partial charge < -0.3 is 5.32 Å². The van der Waals surface area contributed by atoms with Crippen molar-refractivity contribution in [2.24, 2.45) is 5.92 Å². The summed E-state index contributed by atoms with van der Waals surface area (Å²) in [4.78, 5) is 28.1. The van der Waals surface area contributed by atoms with E-state index in [-0.39, 0.29) is 18.4 Å². The maximum atomic E-state index is 11.8. The lowest BCUT2D eigenvalue weighted by Gasteiger charge is -2.09. The van der Waals surface area contributed by atoms with Crippen molar-refractivity contribution >= 4 is 27.7 Å². The molecule has 0 atom stereocenters. The van der Waals surface area contributed by atoms with Crippen molar-refractivity contribution in [3.05, 3.63) is 34.3 Å². The van der Waals surface area contributed by atoms with Gasteiger partial charge in [-0.2, -0.15) is 0 Å². The highest BCUT2D eigenvalue weighted by molar-refractivity contribution is 9.10. The second-order valence-corrected chi connectivity index (χ2v) is 5.25. The number of rotatable bonds is 6. The van der Waals surface area contributed by atoms with Crippen LogP contribution in [0.4, 0.5) is 0 Å². The van der Waals surface area contributed by atoms with E-state index in [1.165, 1.54) is 0 Å². The van der Waals surface area contributed by atoms with Crippen LogP contribution in [0.1, 0.15) is 24.2 Å². The molecule has 0 spiro atoms. The highest BCUT2D eigenvalue weighted by Gasteiger charge is 2.10. The quantitative estimate of drug-likeness (QED) is 0.783. The molecule has 0 saturated heterocycles. The molecule has 0 aromatic heterocycles. The summed E-state index contributed by atoms with van der Waals surface area (Å²) < 4.78 is 0.684. The van der Waals surface area contributed by atoms with Gasteiger partial charge in [0.05, 0.1) is 18.7 Å². The Morgan fingerprint density at radius 2 is 2.00 bits per heavy atom. The zero-order chi connectivity index (χ0) is 14.3. The van der Waals surface area contributed by atoms with E-state index in [0.29, 0.717) is 22.6 Å². The summed E-state index contributed by atoms with van der Waals surface area (Å²) >= 11 is 3.28. The number of hydrogen-bond donors (Lipinski definition) is 2. The Bertz CT molecular complexity index is 449. The third-order valence-corrected chi connectivity index (χ3v) is 2.82. The van der Waals surface area contributed by atoms with Gasteiger partial charge in [-0.05, 0) is 34.0 Å². The van der Waals surface area contributed by atoms with Gasteiger partial charge in [0.15, 0.2) is 0 Å². The van der Waals surface area contributed by atoms with Crippen molar-refractivity contribution in [3.63, 3.8) is 0 Å². The fourth-order valence-corrected chi connectivity index (χ4v) is 1.69. The maximum absolute atomic E-state index is 11.8. The Morgan fingerprint density at radius 3 is 2.63 bits per heavy atom. The standard InChI is InChI=1S/C13H17BrN2O3/c1-9(2)8-19-16-12(17)7-15-13(18)10-5-3-4-6-11(10)14/h3-6,9H,7-8H2,1-2H3,(H,15,18)(H,16,17). The molecule has 0 aliphatic heterocycles. The van der Waals surface area contributed by atoms with Gasteiger partial charge in [0.2, 0.25) is 0 Å². The van der Waals surface area contributed by atoms with Crippen LogP contribution in [0.3, 0.4) is 0 Å². The van der Waals surface area contributed by atoms with Crippen LogP contribution in [0.2, 0.25) is 0 Å². The van der Waals surface area contributed by atoms with E-state index in [0.717, 1.165) is 0 Å². The van der Waals surface area contributed by atoms with Crippen molar-refractivity contribution in [1.29, 1.82) is 0 Å². The summed E-state index contributed by atoms with van der Waals surface area (Å²) in [5.74, 6) is -0.372. The Kier molecular flexibility index (Phi) is 6.52. The first-order valence-electron chi connectivity index (χ1n) is 5.94. The van der Waals surface area contributed by atoms with E-state index in [4.69, 9.17) is 4.84 Å². The zero-order valence-electron chi connectivity index (χ0n) is 10.9. The summed E-state index contributed by atoms with van der Waals surface area (Å²) in [7, 11) is 0. The van der Waals surface area contributed by atoms with Gasteiger partial charge in [-0.15, -0.1) is 0 Å². The minimum absolute atomic E-state index is 0.127. The van der Waals surface area contributed by atoms with Crippen molar-refractivity contribution < 1.29 is 14.4 Å². The smallest absolute Gasteiger partial charge is 0.262 e. The lowest BCUT2D eigenvalue weighted by Crippen LogP contribution is -2.37. The number of hydroxylamine groups is 1. The third kappa shape index (κ3) is 5.85. The number of amides is 2. The molecule has 1 rings (SSSR count). The van der Waals surface area contributed by atoms with Crippen LogP contribution >= 0.6 is 15.9 Å². The molecule has 104 valence electrons. The largest absolute Gasteiger partial charge is 0.343 e. The lowest BCUT2D eigenvalue weighted by molar-refractivity contribution is -0.133. The van der Waals surface area contributed by atoms with Crippen LogP contribution in [0.15, 0.2) is 28.7 Å². The molecule has 0 heterocycles. The van der Waals surface area contributed by atoms with Gasteiger partial charge in [-0.25, -0.2) is 5.48 Å². The average molecular weight is 329 g/mol. The molecule has 0 bridgehead atoms. The second kappa shape index (κ2) is 7.91. The Hall–Kier alpha value is -1.40. The molecule has 0 saturated carbocycles. The van der Waals surface area contributed by atoms with Gasteiger partial charge >= 0.3 is 0 Å². The van der Waals surface area contributed by atoms with Crippen LogP contribution in [-0.4, -0.2) is 25.0 Å². The fraction of sp³-hybridized carbons (Fsp3) is 0.385. The minimum atomic E-state index is -0.388. The number of hydrogen-bond acceptors (Lipinski definition) is 3. The van der Waals surface area contributed by atoms with Crippen LogP contribution in [0.5, 0.6) is 0 Å². The number of carbonyl (C=O) groups is 2. The summed E-state index contributed by atoms with van der Waals surface area (Å²) in [6, 6.07) is 7.01. The number of carbonyl (C=O) groups excluding carboxylic acids is 2. The fourth-order valence-electron chi connectivity index (χ4n) is 1.23. The Morgan fingerprint density at radius 1 is 1.32 bits per heavy atom. The highest BCUT2D eigenvalue weighted by Crippen LogP contribution is 2.15. The summed E-state index contributed by atoms with van der Waals surface area (Å²) in [5.41, 5.74) is 2.75. The van der Waals surface area contributed by atoms with Crippen LogP contribution < -0.4 is 10.8 Å². The summed E-state index contributed by atoms with van der Waals surface area (Å²) in [5, 5.41) is 2.52. The molecule has 0 fully saturated rings. The molecule has 2 amide bonds. The van der Waals surface area contributed by atoms with E-state index < -0.39 is 0 Å². The first-order valence-corrected chi connectivity index (χ1v) is 6.73. The van der Waals surface area contributed by atoms with Crippen LogP contribution in [0, 0.1) is 5.92 Å². The summed E-state index contributed by atoms with van der Waals surface area (Å²) in [6.07, 6.45) is 0. The molecule has 1 aromatic rings. The molecule has 0 aliphatic rings. The molecule has 19 heavy (non-hydrogen) atoms. The molecular weight excluding hydrogens is 312 g/mol. The van der Waals surface area contributed by atoms with Crippen molar-refractivity contribution in [1.82, 2.24) is 10.8 Å². The Balaban J connectivity index is 2.34. The van der Waals surface area contributed by atoms with Crippen LogP contribution in [0.25, 0.3) is 0 Å². The van der Waals surface area contributed by atoms with Gasteiger partial charge in [0.1, 0.15) is 0 Å². The molecule has 2 N–H and O–H groups in total. The topological polar surface area (TPSA) is 67.4 Å². The van der Waals surface area contributed by atoms with Crippen molar-refractivity contribution in [2.45, 2.75) is 13.8 Å². The minimum Gasteiger partial charge on any atom is -0.343 e. The molecule has 5 nitrogen and oxygen atoms in total. The molecule has 6 heteroatoms. The van der Waals surface area contributed by atoms with Crippen molar-refractivity contribution in [3.8, 4) is 0 Å². The first kappa shape index (κ1) is 15.7. The van der Waals surface area contributed by atoms with Crippen molar-refractivity contribution in [2.75, 3.05) is 13.2 Å². The monoisotopic (exact) mass is 328 g/mol. The van der Waals surface area contributed by atoms with E-state index in [9.17, 15) is 9.59 Å². The zero-order valence-corrected chi connectivity index (χ0v) is 12.5. The van der Waals surface area contributed by atoms with E-state index >= 15 is 0 Å². The first-order chi connectivity index (χ1) is 9.00. The number of halogens is 1. The Labute approximate surface area is 120 Å². The van der Waals surface area contributed by atoms with E-state index in [2.05, 4.69) is 26.7 Å². The predicted octanol–water partition coefficient (Wildman–Crippen LogP) is 1.88. The van der Waals surface area contributed by atoms with Gasteiger partial charge in [-0.3, -0.25) is 14.4 Å². The van der Waals surface area contributed by atoms with Gasteiger partial charge in [0, 0.05) is 4.47 Å². The average Bonchev–Trinajstić information content (AvgIpc) is 2.36. The lowest BCUT2D eigenvalue weighted by atomic mass is 10.2. The van der Waals surface area contributed by atoms with Crippen LogP contribution in [-0.2, 0) is 9.63 Å². The van der Waals surface area contributed by atoms with E-state index in [1.807, 2.05) is 19.9 Å². The van der Waals surface area contributed by atoms with Gasteiger partial charge in [0.25, 0.3) is 11.8 Å². The van der Waals surface area contributed by atoms with E-state index in [1.54, 1.807) is 18.2 Å². The molecule has 0 radical (unpaired) electrons. The SMILES string of the molecule is CC(C)CONC(=O)CNC(=O)c1ccccc1Br. The molecule has 0 aliphatic carbocycles. The highest BCUT2D eigenvalue weighted by atomic mass is 79.9. The number of nitrogens with one attached hydrogen (secondary N) is 2. The predicted molar refractivity (Wildman–Crippen MR) is 75.4 cm³/mol. The van der Waals surface area contributed by atoms with Gasteiger partial charge in [-0.1, -0.05) is 26.0 Å². The number of benzene rings is 1.